The average Bonchev–Trinajstić information content (AvgIpc) is 2.65. The van der Waals surface area contributed by atoms with Crippen LogP contribution in [0.25, 0.3) is 0 Å². The minimum atomic E-state index is 0.305. The molecule has 0 aromatic rings. The highest BCUT2D eigenvalue weighted by molar-refractivity contribution is 8.14. The fraction of sp³-hybridized carbons (Fsp3) is 0.929. The number of thioether (sulfide) groups is 1. The minimum absolute atomic E-state index is 0.305. The Kier molecular flexibility index (Phi) is 2.92. The second-order valence-electron chi connectivity index (χ2n) is 6.65. The molecule has 0 aromatic carbocycles. The summed E-state index contributed by atoms with van der Waals surface area (Å²) in [6, 6.07) is 0. The van der Waals surface area contributed by atoms with Crippen LogP contribution in [0.5, 0.6) is 0 Å². The van der Waals surface area contributed by atoms with Crippen molar-refractivity contribution in [1.82, 2.24) is 5.32 Å². The summed E-state index contributed by atoms with van der Waals surface area (Å²) in [5.74, 6) is 2.14. The minimum Gasteiger partial charge on any atom is -0.360 e. The van der Waals surface area contributed by atoms with Gasteiger partial charge in [-0.2, -0.15) is 0 Å². The van der Waals surface area contributed by atoms with Crippen LogP contribution in [-0.2, 0) is 0 Å². The predicted octanol–water partition coefficient (Wildman–Crippen LogP) is 3.57. The van der Waals surface area contributed by atoms with Crippen molar-refractivity contribution in [3.63, 3.8) is 0 Å². The maximum absolute atomic E-state index is 5.05. The highest BCUT2D eigenvalue weighted by Crippen LogP contribution is 2.42. The molecule has 1 aliphatic heterocycles. The molecule has 2 nitrogen and oxygen atoms in total. The zero-order valence-corrected chi connectivity index (χ0v) is 11.9. The Morgan fingerprint density at radius 3 is 2.53 bits per heavy atom. The zero-order valence-electron chi connectivity index (χ0n) is 11.1. The van der Waals surface area contributed by atoms with E-state index >= 15 is 0 Å². The van der Waals surface area contributed by atoms with E-state index in [1.54, 1.807) is 0 Å². The largest absolute Gasteiger partial charge is 0.360 e. The molecule has 96 valence electrons. The molecule has 0 saturated heterocycles. The molecule has 3 aliphatic rings. The van der Waals surface area contributed by atoms with E-state index in [-0.39, 0.29) is 0 Å². The lowest BCUT2D eigenvalue weighted by molar-refractivity contribution is 0.243. The highest BCUT2D eigenvalue weighted by Gasteiger charge is 2.40. The Hall–Kier alpha value is -0.180. The number of aliphatic imine (C=N–C) groups is 1. The maximum Gasteiger partial charge on any atom is 0.157 e. The number of hydrogen-bond donors (Lipinski definition) is 1. The van der Waals surface area contributed by atoms with Gasteiger partial charge < -0.3 is 5.32 Å². The first-order valence-corrected chi connectivity index (χ1v) is 8.09. The molecule has 1 N–H and O–H groups in total. The molecule has 0 aromatic heterocycles. The third-order valence-electron chi connectivity index (χ3n) is 4.89. The van der Waals surface area contributed by atoms with Crippen molar-refractivity contribution in [2.75, 3.05) is 5.75 Å². The summed E-state index contributed by atoms with van der Waals surface area (Å²) in [6.07, 6.45) is 9.37. The van der Waals surface area contributed by atoms with Crippen LogP contribution in [0.15, 0.2) is 4.99 Å². The van der Waals surface area contributed by atoms with E-state index in [2.05, 4.69) is 19.2 Å². The fourth-order valence-electron chi connectivity index (χ4n) is 3.19. The summed E-state index contributed by atoms with van der Waals surface area (Å²) in [5.41, 5.74) is 0.666. The lowest BCUT2D eigenvalue weighted by atomic mass is 9.78. The summed E-state index contributed by atoms with van der Waals surface area (Å²) in [6.45, 7) is 4.72. The molecule has 2 saturated carbocycles. The summed E-state index contributed by atoms with van der Waals surface area (Å²) >= 11 is 1.96. The number of nitrogens with zero attached hydrogens (tertiary/aromatic N) is 1. The second kappa shape index (κ2) is 4.18. The molecule has 3 heteroatoms. The van der Waals surface area contributed by atoms with Crippen LogP contribution in [0.3, 0.4) is 0 Å². The maximum atomic E-state index is 5.05. The fourth-order valence-corrected chi connectivity index (χ4v) is 4.53. The number of rotatable bonds is 1. The third-order valence-corrected chi connectivity index (χ3v) is 6.04. The van der Waals surface area contributed by atoms with Crippen LogP contribution in [-0.4, -0.2) is 22.0 Å². The van der Waals surface area contributed by atoms with Crippen LogP contribution in [0, 0.1) is 5.92 Å². The monoisotopic (exact) mass is 252 g/mol. The molecule has 2 fully saturated rings. The topological polar surface area (TPSA) is 24.4 Å². The Morgan fingerprint density at radius 2 is 1.94 bits per heavy atom. The summed E-state index contributed by atoms with van der Waals surface area (Å²) in [4.78, 5) is 5.05. The zero-order chi connectivity index (χ0) is 11.9. The molecule has 1 heterocycles. The molecule has 2 aliphatic carbocycles. The van der Waals surface area contributed by atoms with Gasteiger partial charge in [0.2, 0.25) is 0 Å². The summed E-state index contributed by atoms with van der Waals surface area (Å²) < 4.78 is 0. The Morgan fingerprint density at radius 1 is 1.24 bits per heavy atom. The Labute approximate surface area is 109 Å². The second-order valence-corrected chi connectivity index (χ2v) is 7.62. The van der Waals surface area contributed by atoms with Gasteiger partial charge in [-0.15, -0.1) is 0 Å². The van der Waals surface area contributed by atoms with E-state index in [4.69, 9.17) is 4.99 Å². The smallest absolute Gasteiger partial charge is 0.157 e. The SMILES string of the molecule is CC1CCC2(CC1)CSC(NC1(C)CCC1)=N2. The average molecular weight is 252 g/mol. The van der Waals surface area contributed by atoms with E-state index in [1.807, 2.05) is 11.8 Å². The standard InChI is InChI=1S/C14H24N2S/c1-11-4-8-14(9-5-11)10-17-12(16-14)15-13(2)6-3-7-13/h11H,3-10H2,1-2H3,(H,15,16). The molecule has 0 bridgehead atoms. The molecule has 1 spiro atoms. The van der Waals surface area contributed by atoms with Gasteiger partial charge in [0.15, 0.2) is 5.17 Å². The summed E-state index contributed by atoms with van der Waals surface area (Å²) in [7, 11) is 0. The van der Waals surface area contributed by atoms with Crippen molar-refractivity contribution < 1.29 is 0 Å². The van der Waals surface area contributed by atoms with Crippen molar-refractivity contribution in [1.29, 1.82) is 0 Å². The van der Waals surface area contributed by atoms with Crippen LogP contribution >= 0.6 is 11.8 Å². The van der Waals surface area contributed by atoms with Gasteiger partial charge in [0.1, 0.15) is 0 Å². The van der Waals surface area contributed by atoms with Crippen molar-refractivity contribution >= 4 is 16.9 Å². The number of hydrogen-bond acceptors (Lipinski definition) is 3. The lowest BCUT2D eigenvalue weighted by Gasteiger charge is -2.39. The first-order chi connectivity index (χ1) is 8.09. The van der Waals surface area contributed by atoms with E-state index in [0.717, 1.165) is 5.92 Å². The van der Waals surface area contributed by atoms with Crippen LogP contribution in [0.2, 0.25) is 0 Å². The van der Waals surface area contributed by atoms with Crippen molar-refractivity contribution in [3.05, 3.63) is 0 Å². The van der Waals surface area contributed by atoms with Gasteiger partial charge in [0, 0.05) is 11.3 Å². The first-order valence-electron chi connectivity index (χ1n) is 7.10. The van der Waals surface area contributed by atoms with Crippen LogP contribution in [0.4, 0.5) is 0 Å². The van der Waals surface area contributed by atoms with E-state index in [1.165, 1.54) is 55.9 Å². The molecule has 0 unspecified atom stereocenters. The first kappa shape index (κ1) is 11.9. The van der Waals surface area contributed by atoms with Crippen molar-refractivity contribution in [2.45, 2.75) is 69.9 Å². The van der Waals surface area contributed by atoms with Gasteiger partial charge >= 0.3 is 0 Å². The molecule has 0 atom stereocenters. The number of amidine groups is 1. The predicted molar refractivity (Wildman–Crippen MR) is 75.6 cm³/mol. The van der Waals surface area contributed by atoms with Crippen molar-refractivity contribution in [3.8, 4) is 0 Å². The van der Waals surface area contributed by atoms with Crippen LogP contribution in [0.1, 0.15) is 58.8 Å². The third kappa shape index (κ3) is 2.35. The molecule has 0 radical (unpaired) electrons. The molecule has 3 rings (SSSR count). The normalized spacial score (nSPS) is 39.9. The van der Waals surface area contributed by atoms with Crippen molar-refractivity contribution in [2.24, 2.45) is 10.9 Å². The van der Waals surface area contributed by atoms with Gasteiger partial charge in [-0.25, -0.2) is 0 Å². The summed E-state index contributed by atoms with van der Waals surface area (Å²) in [5, 5.41) is 4.93. The van der Waals surface area contributed by atoms with Crippen LogP contribution < -0.4 is 5.32 Å². The Bertz CT molecular complexity index is 325. The quantitative estimate of drug-likeness (QED) is 0.771. The molecule has 0 amide bonds. The Balaban J connectivity index is 1.64. The van der Waals surface area contributed by atoms with E-state index in [9.17, 15) is 0 Å². The molecule has 17 heavy (non-hydrogen) atoms. The van der Waals surface area contributed by atoms with Gasteiger partial charge in [0.25, 0.3) is 0 Å². The lowest BCUT2D eigenvalue weighted by Crippen LogP contribution is -2.49. The van der Waals surface area contributed by atoms with Gasteiger partial charge in [0.05, 0.1) is 5.54 Å². The molecular weight excluding hydrogens is 228 g/mol. The van der Waals surface area contributed by atoms with E-state index < -0.39 is 0 Å². The van der Waals surface area contributed by atoms with Gasteiger partial charge in [-0.05, 0) is 57.8 Å². The highest BCUT2D eigenvalue weighted by atomic mass is 32.2. The molecular formula is C14H24N2S. The number of nitrogens with one attached hydrogen (secondary N) is 1. The van der Waals surface area contributed by atoms with E-state index in [0.29, 0.717) is 11.1 Å². The van der Waals surface area contributed by atoms with Gasteiger partial charge in [-0.3, -0.25) is 4.99 Å². The van der Waals surface area contributed by atoms with Gasteiger partial charge in [-0.1, -0.05) is 18.7 Å².